The number of nitro benzene ring substituents is 1. The third kappa shape index (κ3) is 2.44. The molecule has 0 unspecified atom stereocenters. The molecule has 0 spiro atoms. The van der Waals surface area contributed by atoms with Crippen molar-refractivity contribution in [1.82, 2.24) is 0 Å². The summed E-state index contributed by atoms with van der Waals surface area (Å²) in [5.41, 5.74) is 1.58. The molecule has 5 nitrogen and oxygen atoms in total. The normalized spacial score (nSPS) is 10.2. The molecule has 0 atom stereocenters. The number of furan rings is 1. The van der Waals surface area contributed by atoms with Crippen molar-refractivity contribution in [2.45, 2.75) is 13.5 Å². The van der Waals surface area contributed by atoms with Gasteiger partial charge < -0.3 is 9.73 Å². The topological polar surface area (TPSA) is 68.3 Å². The third-order valence-electron chi connectivity index (χ3n) is 2.51. The van der Waals surface area contributed by atoms with Crippen LogP contribution >= 0.6 is 0 Å². The van der Waals surface area contributed by atoms with Crippen LogP contribution in [0.2, 0.25) is 0 Å². The molecule has 17 heavy (non-hydrogen) atoms. The van der Waals surface area contributed by atoms with E-state index >= 15 is 0 Å². The zero-order valence-electron chi connectivity index (χ0n) is 9.34. The summed E-state index contributed by atoms with van der Waals surface area (Å²) in [7, 11) is 0. The second-order valence-electron chi connectivity index (χ2n) is 3.65. The van der Waals surface area contributed by atoms with Gasteiger partial charge in [0, 0.05) is 6.07 Å². The lowest BCUT2D eigenvalue weighted by Gasteiger charge is -2.05. The first kappa shape index (κ1) is 11.2. The van der Waals surface area contributed by atoms with Gasteiger partial charge in [-0.2, -0.15) is 0 Å². The molecule has 88 valence electrons. The summed E-state index contributed by atoms with van der Waals surface area (Å²) >= 11 is 0. The average Bonchev–Trinajstić information content (AvgIpc) is 2.72. The Balaban J connectivity index is 2.14. The predicted molar refractivity (Wildman–Crippen MR) is 63.9 cm³/mol. The van der Waals surface area contributed by atoms with Crippen LogP contribution in [0.3, 0.4) is 0 Å². The lowest BCUT2D eigenvalue weighted by Crippen LogP contribution is -2.02. The lowest BCUT2D eigenvalue weighted by molar-refractivity contribution is -0.384. The number of nitro groups is 1. The second-order valence-corrected chi connectivity index (χ2v) is 3.65. The van der Waals surface area contributed by atoms with Crippen LogP contribution in [0.5, 0.6) is 0 Å². The molecular weight excluding hydrogens is 220 g/mol. The van der Waals surface area contributed by atoms with Crippen molar-refractivity contribution in [2.75, 3.05) is 5.32 Å². The fourth-order valence-corrected chi connectivity index (χ4v) is 1.54. The van der Waals surface area contributed by atoms with Crippen molar-refractivity contribution >= 4 is 11.4 Å². The van der Waals surface area contributed by atoms with E-state index in [1.54, 1.807) is 24.5 Å². The lowest BCUT2D eigenvalue weighted by atomic mass is 10.2. The molecule has 0 amide bonds. The fraction of sp³-hybridized carbons (Fsp3) is 0.167. The Labute approximate surface area is 98.2 Å². The van der Waals surface area contributed by atoms with Gasteiger partial charge in [-0.05, 0) is 24.6 Å². The van der Waals surface area contributed by atoms with Gasteiger partial charge in [0.15, 0.2) is 0 Å². The Morgan fingerprint density at radius 2 is 2.12 bits per heavy atom. The molecule has 0 saturated heterocycles. The van der Waals surface area contributed by atoms with Crippen LogP contribution in [0.15, 0.2) is 41.0 Å². The number of hydrogen-bond acceptors (Lipinski definition) is 4. The summed E-state index contributed by atoms with van der Waals surface area (Å²) in [6.07, 6.45) is 1.60. The van der Waals surface area contributed by atoms with Gasteiger partial charge in [-0.25, -0.2) is 0 Å². The largest absolute Gasteiger partial charge is 0.467 e. The summed E-state index contributed by atoms with van der Waals surface area (Å²) in [4.78, 5) is 10.4. The van der Waals surface area contributed by atoms with E-state index in [4.69, 9.17) is 4.42 Å². The molecule has 0 fully saturated rings. The number of anilines is 1. The minimum atomic E-state index is -0.405. The van der Waals surface area contributed by atoms with E-state index in [1.807, 2.05) is 13.0 Å². The number of aryl methyl sites for hydroxylation is 1. The van der Waals surface area contributed by atoms with Crippen LogP contribution in [0.25, 0.3) is 0 Å². The Morgan fingerprint density at radius 3 is 2.76 bits per heavy atom. The molecule has 0 bridgehead atoms. The van der Waals surface area contributed by atoms with Crippen LogP contribution in [-0.4, -0.2) is 4.92 Å². The number of benzene rings is 1. The Kier molecular flexibility index (Phi) is 3.09. The van der Waals surface area contributed by atoms with Crippen LogP contribution in [0.4, 0.5) is 11.4 Å². The molecule has 5 heteroatoms. The van der Waals surface area contributed by atoms with Crippen molar-refractivity contribution < 1.29 is 9.34 Å². The first-order valence-electron chi connectivity index (χ1n) is 5.19. The van der Waals surface area contributed by atoms with Gasteiger partial charge in [0.25, 0.3) is 5.69 Å². The van der Waals surface area contributed by atoms with Crippen LogP contribution in [0.1, 0.15) is 11.3 Å². The highest BCUT2D eigenvalue weighted by atomic mass is 16.6. The summed E-state index contributed by atoms with van der Waals surface area (Å²) < 4.78 is 5.25. The molecule has 0 aliphatic heterocycles. The maximum atomic E-state index is 10.8. The van der Waals surface area contributed by atoms with Gasteiger partial charge in [0.05, 0.1) is 17.7 Å². The Morgan fingerprint density at radius 1 is 1.35 bits per heavy atom. The maximum absolute atomic E-state index is 10.8. The molecule has 2 aromatic rings. The molecule has 0 aliphatic carbocycles. The predicted octanol–water partition coefficient (Wildman–Crippen LogP) is 3.11. The van der Waals surface area contributed by atoms with E-state index in [1.165, 1.54) is 6.07 Å². The summed E-state index contributed by atoms with van der Waals surface area (Å²) in [6.45, 7) is 2.36. The highest BCUT2D eigenvalue weighted by molar-refractivity contribution is 5.61. The molecule has 1 N–H and O–H groups in total. The maximum Gasteiger partial charge on any atom is 0.292 e. The van der Waals surface area contributed by atoms with E-state index in [2.05, 4.69) is 5.32 Å². The Hall–Kier alpha value is -2.30. The Bertz CT molecular complexity index is 534. The SMILES string of the molecule is Cc1ccoc1CNc1ccccc1[N+](=O)[O-]. The summed E-state index contributed by atoms with van der Waals surface area (Å²) in [6, 6.07) is 8.40. The van der Waals surface area contributed by atoms with E-state index < -0.39 is 4.92 Å². The number of para-hydroxylation sites is 2. The quantitative estimate of drug-likeness (QED) is 0.649. The fourth-order valence-electron chi connectivity index (χ4n) is 1.54. The van der Waals surface area contributed by atoms with E-state index in [0.717, 1.165) is 11.3 Å². The van der Waals surface area contributed by atoms with Crippen molar-refractivity contribution in [3.8, 4) is 0 Å². The van der Waals surface area contributed by atoms with E-state index in [0.29, 0.717) is 12.2 Å². The molecule has 2 rings (SSSR count). The summed E-state index contributed by atoms with van der Waals surface area (Å²) in [5, 5.41) is 13.8. The minimum absolute atomic E-state index is 0.0664. The van der Waals surface area contributed by atoms with Crippen LogP contribution < -0.4 is 5.32 Å². The first-order valence-corrected chi connectivity index (χ1v) is 5.19. The zero-order chi connectivity index (χ0) is 12.3. The van der Waals surface area contributed by atoms with E-state index in [-0.39, 0.29) is 5.69 Å². The van der Waals surface area contributed by atoms with Gasteiger partial charge in [-0.1, -0.05) is 12.1 Å². The molecular formula is C12H12N2O3. The van der Waals surface area contributed by atoms with Gasteiger partial charge in [0.1, 0.15) is 11.4 Å². The molecule has 0 radical (unpaired) electrons. The van der Waals surface area contributed by atoms with Gasteiger partial charge in [0.2, 0.25) is 0 Å². The zero-order valence-corrected chi connectivity index (χ0v) is 9.34. The van der Waals surface area contributed by atoms with Crippen LogP contribution in [0, 0.1) is 17.0 Å². The average molecular weight is 232 g/mol. The highest BCUT2D eigenvalue weighted by Gasteiger charge is 2.12. The van der Waals surface area contributed by atoms with Gasteiger partial charge >= 0.3 is 0 Å². The minimum Gasteiger partial charge on any atom is -0.467 e. The molecule has 1 aromatic heterocycles. The monoisotopic (exact) mass is 232 g/mol. The van der Waals surface area contributed by atoms with Crippen LogP contribution in [-0.2, 0) is 6.54 Å². The van der Waals surface area contributed by atoms with Crippen molar-refractivity contribution in [1.29, 1.82) is 0 Å². The van der Waals surface area contributed by atoms with Gasteiger partial charge in [-0.3, -0.25) is 10.1 Å². The standard InChI is InChI=1S/C12H12N2O3/c1-9-6-7-17-12(9)8-13-10-4-2-3-5-11(10)14(15)16/h2-7,13H,8H2,1H3. The number of nitrogens with zero attached hydrogens (tertiary/aromatic N) is 1. The number of nitrogens with one attached hydrogen (secondary N) is 1. The van der Waals surface area contributed by atoms with Crippen molar-refractivity contribution in [3.05, 3.63) is 58.0 Å². The highest BCUT2D eigenvalue weighted by Crippen LogP contribution is 2.24. The molecule has 1 aromatic carbocycles. The molecule has 0 aliphatic rings. The van der Waals surface area contributed by atoms with Crippen molar-refractivity contribution in [2.24, 2.45) is 0 Å². The first-order chi connectivity index (χ1) is 8.18. The number of rotatable bonds is 4. The summed E-state index contributed by atoms with van der Waals surface area (Å²) in [5.74, 6) is 0.781. The second kappa shape index (κ2) is 4.69. The van der Waals surface area contributed by atoms with Gasteiger partial charge in [-0.15, -0.1) is 0 Å². The molecule has 1 heterocycles. The van der Waals surface area contributed by atoms with E-state index in [9.17, 15) is 10.1 Å². The van der Waals surface area contributed by atoms with Crippen molar-refractivity contribution in [3.63, 3.8) is 0 Å². The molecule has 0 saturated carbocycles. The smallest absolute Gasteiger partial charge is 0.292 e. The number of hydrogen-bond donors (Lipinski definition) is 1. The third-order valence-corrected chi connectivity index (χ3v) is 2.51.